The number of aromatic nitrogens is 1. The number of nitrogens with zero attached hydrogens (tertiary/aromatic N) is 1. The van der Waals surface area contributed by atoms with E-state index in [4.69, 9.17) is 0 Å². The predicted octanol–water partition coefficient (Wildman–Crippen LogP) is 1.05. The molecule has 16 heavy (non-hydrogen) atoms. The van der Waals surface area contributed by atoms with Crippen molar-refractivity contribution in [2.45, 2.75) is 5.37 Å². The highest BCUT2D eigenvalue weighted by atomic mass is 32.2. The van der Waals surface area contributed by atoms with E-state index in [1.165, 1.54) is 12.1 Å². The van der Waals surface area contributed by atoms with Crippen molar-refractivity contribution >= 4 is 21.6 Å². The molecule has 0 aliphatic rings. The maximum atomic E-state index is 10.8. The number of rotatable bonds is 3. The first-order valence-electron chi connectivity index (χ1n) is 4.43. The van der Waals surface area contributed by atoms with E-state index >= 15 is 0 Å². The number of nitrogens with one attached hydrogen (secondary N) is 1. The van der Waals surface area contributed by atoms with E-state index in [0.29, 0.717) is 0 Å². The fraction of sp³-hybridized carbons (Fsp3) is 0.111. The third-order valence-electron chi connectivity index (χ3n) is 2.27. The summed E-state index contributed by atoms with van der Waals surface area (Å²) in [5, 5.41) is 9.71. The normalized spacial score (nSPS) is 13.1. The first-order valence-corrected chi connectivity index (χ1v) is 5.68. The molecule has 1 atom stereocenters. The molecular formula is C9H8N2O4S. The first kappa shape index (κ1) is 10.6. The third kappa shape index (κ3) is 1.76. The van der Waals surface area contributed by atoms with Gasteiger partial charge in [0.1, 0.15) is 0 Å². The number of nitro groups is 1. The predicted molar refractivity (Wildman–Crippen MR) is 58.3 cm³/mol. The largest absolute Gasteiger partial charge is 0.361 e. The molecule has 1 aromatic carbocycles. The Labute approximate surface area is 92.0 Å². The van der Waals surface area contributed by atoms with Crippen molar-refractivity contribution in [2.24, 2.45) is 0 Å². The second kappa shape index (κ2) is 3.93. The Morgan fingerprint density at radius 1 is 1.31 bits per heavy atom. The maximum Gasteiger partial charge on any atom is 0.333 e. The molecule has 1 N–H and O–H groups in total. The van der Waals surface area contributed by atoms with Crippen LogP contribution in [0.15, 0.2) is 30.5 Å². The Hall–Kier alpha value is -1.89. The summed E-state index contributed by atoms with van der Waals surface area (Å²) in [6.07, 6.45) is 1.69. The van der Waals surface area contributed by atoms with E-state index in [1.807, 2.05) is 0 Å². The van der Waals surface area contributed by atoms with Crippen LogP contribution in [0.1, 0.15) is 10.9 Å². The molecule has 6 nitrogen and oxygen atoms in total. The van der Waals surface area contributed by atoms with E-state index < -0.39 is 21.0 Å². The molecule has 7 heteroatoms. The lowest BCUT2D eigenvalue weighted by Crippen LogP contribution is -2.11. The fourth-order valence-electron chi connectivity index (χ4n) is 1.55. The summed E-state index contributed by atoms with van der Waals surface area (Å²) in [6.45, 7) is 0. The zero-order chi connectivity index (χ0) is 11.7. The molecule has 1 unspecified atom stereocenters. The summed E-state index contributed by atoms with van der Waals surface area (Å²) < 4.78 is 21.6. The number of benzene rings is 1. The minimum Gasteiger partial charge on any atom is -0.361 e. The van der Waals surface area contributed by atoms with Crippen LogP contribution in [0.4, 0.5) is 0 Å². The van der Waals surface area contributed by atoms with Gasteiger partial charge in [-0.05, 0) is 29.7 Å². The van der Waals surface area contributed by atoms with Crippen LogP contribution in [0.3, 0.4) is 0 Å². The highest BCUT2D eigenvalue weighted by molar-refractivity contribution is 7.72. The van der Waals surface area contributed by atoms with Gasteiger partial charge in [0.25, 0.3) is 0 Å². The SMILES string of the molecule is O=[N+]([O-])C(c1ccc2[nH]ccc2c1)[SH](=O)=O. The van der Waals surface area contributed by atoms with Gasteiger partial charge in [-0.1, -0.05) is 0 Å². The molecule has 0 aliphatic heterocycles. The van der Waals surface area contributed by atoms with Crippen molar-refractivity contribution in [3.8, 4) is 0 Å². The minimum absolute atomic E-state index is 0.174. The van der Waals surface area contributed by atoms with Gasteiger partial charge in [0, 0.05) is 22.2 Å². The van der Waals surface area contributed by atoms with E-state index in [0.717, 1.165) is 10.9 Å². The van der Waals surface area contributed by atoms with Crippen molar-refractivity contribution in [1.29, 1.82) is 0 Å². The standard InChI is InChI=1S/C9H8N2O4S/c12-11(13)9(16(14)15)7-1-2-8-6(5-7)3-4-10-8/h1-5,9-10,16H. The van der Waals surface area contributed by atoms with E-state index in [2.05, 4.69) is 4.98 Å². The van der Waals surface area contributed by atoms with Gasteiger partial charge in [0.2, 0.25) is 10.7 Å². The molecule has 1 aromatic heterocycles. The van der Waals surface area contributed by atoms with Gasteiger partial charge >= 0.3 is 5.37 Å². The summed E-state index contributed by atoms with van der Waals surface area (Å²) in [5.41, 5.74) is 0.986. The van der Waals surface area contributed by atoms with Crippen LogP contribution in [-0.2, 0) is 10.7 Å². The first-order chi connectivity index (χ1) is 7.59. The van der Waals surface area contributed by atoms with Crippen LogP contribution in [0.25, 0.3) is 10.9 Å². The highest BCUT2D eigenvalue weighted by Gasteiger charge is 2.26. The number of hydrogen-bond acceptors (Lipinski definition) is 4. The second-order valence-corrected chi connectivity index (χ2v) is 4.33. The summed E-state index contributed by atoms with van der Waals surface area (Å²) in [4.78, 5) is 12.7. The Balaban J connectivity index is 2.56. The van der Waals surface area contributed by atoms with Gasteiger partial charge < -0.3 is 4.98 Å². The maximum absolute atomic E-state index is 10.8. The molecule has 0 amide bonds. The summed E-state index contributed by atoms with van der Waals surface area (Å²) in [6, 6.07) is 6.30. The van der Waals surface area contributed by atoms with Crippen molar-refractivity contribution < 1.29 is 13.3 Å². The molecule has 2 rings (SSSR count). The molecule has 0 saturated heterocycles. The quantitative estimate of drug-likeness (QED) is 0.476. The highest BCUT2D eigenvalue weighted by Crippen LogP contribution is 2.22. The average molecular weight is 240 g/mol. The Bertz CT molecular complexity index is 609. The molecular weight excluding hydrogens is 232 g/mol. The van der Waals surface area contributed by atoms with Crippen LogP contribution >= 0.6 is 0 Å². The molecule has 0 radical (unpaired) electrons. The molecule has 0 bridgehead atoms. The summed E-state index contributed by atoms with van der Waals surface area (Å²) >= 11 is 0. The van der Waals surface area contributed by atoms with Gasteiger partial charge in [-0.25, -0.2) is 8.42 Å². The summed E-state index contributed by atoms with van der Waals surface area (Å²) in [7, 11) is -3.13. The lowest BCUT2D eigenvalue weighted by atomic mass is 10.1. The molecule has 0 aliphatic carbocycles. The number of hydrogen-bond donors (Lipinski definition) is 2. The van der Waals surface area contributed by atoms with Gasteiger partial charge in [-0.2, -0.15) is 0 Å². The number of aromatic amines is 1. The molecule has 1 heterocycles. The second-order valence-electron chi connectivity index (χ2n) is 3.27. The van der Waals surface area contributed by atoms with Crippen LogP contribution < -0.4 is 0 Å². The monoisotopic (exact) mass is 240 g/mol. The fourth-order valence-corrected chi connectivity index (χ4v) is 2.11. The number of thiol groups is 1. The zero-order valence-corrected chi connectivity index (χ0v) is 8.89. The lowest BCUT2D eigenvalue weighted by Gasteiger charge is -2.02. The zero-order valence-electron chi connectivity index (χ0n) is 7.99. The average Bonchev–Trinajstić information content (AvgIpc) is 2.63. The number of H-pyrrole nitrogens is 1. The van der Waals surface area contributed by atoms with Gasteiger partial charge in [-0.3, -0.25) is 10.1 Å². The molecule has 84 valence electrons. The molecule has 0 saturated carbocycles. The van der Waals surface area contributed by atoms with E-state index in [1.54, 1.807) is 18.3 Å². The van der Waals surface area contributed by atoms with Crippen LogP contribution in [-0.4, -0.2) is 18.3 Å². The van der Waals surface area contributed by atoms with Crippen molar-refractivity contribution in [1.82, 2.24) is 4.98 Å². The molecule has 0 fully saturated rings. The molecule has 2 aromatic rings. The third-order valence-corrected chi connectivity index (χ3v) is 3.16. The van der Waals surface area contributed by atoms with Crippen molar-refractivity contribution in [3.63, 3.8) is 0 Å². The molecule has 0 spiro atoms. The van der Waals surface area contributed by atoms with Crippen molar-refractivity contribution in [3.05, 3.63) is 46.1 Å². The van der Waals surface area contributed by atoms with Gasteiger partial charge in [0.05, 0.1) is 0 Å². The topological polar surface area (TPSA) is 93.1 Å². The number of fused-ring (bicyclic) bond motifs is 1. The van der Waals surface area contributed by atoms with Crippen LogP contribution in [0.5, 0.6) is 0 Å². The van der Waals surface area contributed by atoms with Gasteiger partial charge in [-0.15, -0.1) is 0 Å². The van der Waals surface area contributed by atoms with E-state index in [-0.39, 0.29) is 5.56 Å². The Morgan fingerprint density at radius 3 is 2.69 bits per heavy atom. The Kier molecular flexibility index (Phi) is 2.61. The van der Waals surface area contributed by atoms with Crippen LogP contribution in [0, 0.1) is 10.1 Å². The lowest BCUT2D eigenvalue weighted by molar-refractivity contribution is -0.502. The van der Waals surface area contributed by atoms with E-state index in [9.17, 15) is 18.5 Å². The van der Waals surface area contributed by atoms with Crippen LogP contribution in [0.2, 0.25) is 0 Å². The Morgan fingerprint density at radius 2 is 2.06 bits per heavy atom. The van der Waals surface area contributed by atoms with Gasteiger partial charge in [0.15, 0.2) is 0 Å². The smallest absolute Gasteiger partial charge is 0.333 e. The minimum atomic E-state index is -3.13. The van der Waals surface area contributed by atoms with Crippen molar-refractivity contribution in [2.75, 3.05) is 0 Å². The summed E-state index contributed by atoms with van der Waals surface area (Å²) in [5.74, 6) is 0.